The van der Waals surface area contributed by atoms with Crippen LogP contribution in [0.2, 0.25) is 0 Å². The highest BCUT2D eigenvalue weighted by atomic mass is 16.5. The highest BCUT2D eigenvalue weighted by Gasteiger charge is 2.42. The van der Waals surface area contributed by atoms with Crippen molar-refractivity contribution in [3.05, 3.63) is 0 Å². The van der Waals surface area contributed by atoms with Crippen molar-refractivity contribution in [2.45, 2.75) is 31.3 Å². The quantitative estimate of drug-likeness (QED) is 0.556. The van der Waals surface area contributed by atoms with E-state index in [2.05, 4.69) is 15.4 Å². The first-order valence-electron chi connectivity index (χ1n) is 5.63. The van der Waals surface area contributed by atoms with E-state index < -0.39 is 6.09 Å². The molecule has 2 amide bonds. The van der Waals surface area contributed by atoms with Crippen LogP contribution in [0.1, 0.15) is 19.3 Å². The second-order valence-electron chi connectivity index (χ2n) is 4.35. The molecule has 2 fully saturated rings. The molecule has 2 aliphatic rings. The largest absolute Gasteiger partial charge is 0.448 e. The number of ether oxygens (including phenoxy) is 1. The molecule has 0 spiro atoms. The molecule has 2 saturated heterocycles. The van der Waals surface area contributed by atoms with Gasteiger partial charge in [0.25, 0.3) is 0 Å². The van der Waals surface area contributed by atoms with Gasteiger partial charge in [0, 0.05) is 12.1 Å². The molecule has 2 heterocycles. The SMILES string of the molecule is NC(=O)OCCNC(=O)C1CC2CCC1N2. The summed E-state index contributed by atoms with van der Waals surface area (Å²) >= 11 is 0. The minimum Gasteiger partial charge on any atom is -0.448 e. The van der Waals surface area contributed by atoms with Crippen molar-refractivity contribution in [3.8, 4) is 0 Å². The molecule has 6 nitrogen and oxygen atoms in total. The molecule has 0 aromatic rings. The van der Waals surface area contributed by atoms with Crippen LogP contribution in [0.25, 0.3) is 0 Å². The van der Waals surface area contributed by atoms with Crippen molar-refractivity contribution in [2.75, 3.05) is 13.2 Å². The molecule has 0 radical (unpaired) electrons. The number of nitrogens with one attached hydrogen (secondary N) is 2. The second kappa shape index (κ2) is 4.69. The van der Waals surface area contributed by atoms with Gasteiger partial charge in [-0.05, 0) is 19.3 Å². The monoisotopic (exact) mass is 227 g/mol. The molecule has 0 aliphatic carbocycles. The average Bonchev–Trinajstić information content (AvgIpc) is 2.85. The smallest absolute Gasteiger partial charge is 0.404 e. The third-order valence-electron chi connectivity index (χ3n) is 3.28. The maximum Gasteiger partial charge on any atom is 0.404 e. The maximum absolute atomic E-state index is 11.8. The first-order valence-corrected chi connectivity index (χ1v) is 5.63. The van der Waals surface area contributed by atoms with Crippen LogP contribution < -0.4 is 16.4 Å². The Balaban J connectivity index is 1.66. The normalized spacial score (nSPS) is 31.4. The van der Waals surface area contributed by atoms with Gasteiger partial charge in [-0.15, -0.1) is 0 Å². The molecule has 0 aromatic heterocycles. The molecule has 90 valence electrons. The van der Waals surface area contributed by atoms with Gasteiger partial charge in [-0.1, -0.05) is 0 Å². The van der Waals surface area contributed by atoms with E-state index in [9.17, 15) is 9.59 Å². The number of hydrogen-bond donors (Lipinski definition) is 3. The molecule has 2 aliphatic heterocycles. The molecular weight excluding hydrogens is 210 g/mol. The zero-order valence-electron chi connectivity index (χ0n) is 9.07. The van der Waals surface area contributed by atoms with Crippen molar-refractivity contribution in [3.63, 3.8) is 0 Å². The Labute approximate surface area is 93.9 Å². The molecule has 6 heteroatoms. The molecule has 0 saturated carbocycles. The minimum atomic E-state index is -0.809. The zero-order valence-corrected chi connectivity index (χ0v) is 9.07. The van der Waals surface area contributed by atoms with Crippen LogP contribution in [0, 0.1) is 5.92 Å². The highest BCUT2D eigenvalue weighted by Crippen LogP contribution is 2.33. The van der Waals surface area contributed by atoms with Crippen LogP contribution >= 0.6 is 0 Å². The first kappa shape index (κ1) is 11.2. The first-order chi connectivity index (χ1) is 7.66. The van der Waals surface area contributed by atoms with Crippen LogP contribution in [0.5, 0.6) is 0 Å². The lowest BCUT2D eigenvalue weighted by atomic mass is 9.88. The number of rotatable bonds is 4. The summed E-state index contributed by atoms with van der Waals surface area (Å²) in [6.07, 6.45) is 2.38. The van der Waals surface area contributed by atoms with Crippen LogP contribution in [-0.2, 0) is 9.53 Å². The van der Waals surface area contributed by atoms with Crippen molar-refractivity contribution in [1.82, 2.24) is 10.6 Å². The minimum absolute atomic E-state index is 0.0489. The van der Waals surface area contributed by atoms with Crippen LogP contribution in [0.3, 0.4) is 0 Å². The molecule has 4 N–H and O–H groups in total. The Morgan fingerprint density at radius 1 is 1.44 bits per heavy atom. The Morgan fingerprint density at radius 3 is 2.81 bits per heavy atom. The van der Waals surface area contributed by atoms with Crippen molar-refractivity contribution in [2.24, 2.45) is 11.7 Å². The number of amides is 2. The van der Waals surface area contributed by atoms with E-state index in [1.165, 1.54) is 6.42 Å². The van der Waals surface area contributed by atoms with Crippen molar-refractivity contribution >= 4 is 12.0 Å². The Hall–Kier alpha value is -1.30. The van der Waals surface area contributed by atoms with Gasteiger partial charge in [0.05, 0.1) is 12.5 Å². The lowest BCUT2D eigenvalue weighted by molar-refractivity contribution is -0.125. The third-order valence-corrected chi connectivity index (χ3v) is 3.28. The molecule has 3 atom stereocenters. The summed E-state index contributed by atoms with van der Waals surface area (Å²) in [5, 5.41) is 6.15. The van der Waals surface area contributed by atoms with Gasteiger partial charge >= 0.3 is 6.09 Å². The molecule has 3 unspecified atom stereocenters. The van der Waals surface area contributed by atoms with E-state index in [1.807, 2.05) is 0 Å². The lowest BCUT2D eigenvalue weighted by Gasteiger charge is -2.19. The van der Waals surface area contributed by atoms with Gasteiger partial charge in [-0.3, -0.25) is 4.79 Å². The van der Waals surface area contributed by atoms with Gasteiger partial charge in [0.1, 0.15) is 6.61 Å². The van der Waals surface area contributed by atoms with E-state index in [0.29, 0.717) is 18.6 Å². The standard InChI is InChI=1S/C10H17N3O3/c11-10(15)16-4-3-12-9(14)7-5-6-1-2-8(7)13-6/h6-8,13H,1-5H2,(H2,11,15)(H,12,14). The molecule has 2 bridgehead atoms. The highest BCUT2D eigenvalue weighted by molar-refractivity contribution is 5.80. The van der Waals surface area contributed by atoms with E-state index in [4.69, 9.17) is 5.73 Å². The fourth-order valence-electron chi connectivity index (χ4n) is 2.57. The Kier molecular flexibility index (Phi) is 3.28. The summed E-state index contributed by atoms with van der Waals surface area (Å²) in [7, 11) is 0. The van der Waals surface area contributed by atoms with Gasteiger partial charge in [-0.2, -0.15) is 0 Å². The zero-order chi connectivity index (χ0) is 11.5. The average molecular weight is 227 g/mol. The Morgan fingerprint density at radius 2 is 2.25 bits per heavy atom. The van der Waals surface area contributed by atoms with Crippen LogP contribution in [0.15, 0.2) is 0 Å². The van der Waals surface area contributed by atoms with Crippen LogP contribution in [-0.4, -0.2) is 37.2 Å². The number of nitrogens with two attached hydrogens (primary N) is 1. The fraction of sp³-hybridized carbons (Fsp3) is 0.800. The molecular formula is C10H17N3O3. The summed E-state index contributed by atoms with van der Waals surface area (Å²) in [6.45, 7) is 0.463. The fourth-order valence-corrected chi connectivity index (χ4v) is 2.57. The molecule has 16 heavy (non-hydrogen) atoms. The van der Waals surface area contributed by atoms with Gasteiger partial charge in [-0.25, -0.2) is 4.79 Å². The Bertz CT molecular complexity index is 295. The summed E-state index contributed by atoms with van der Waals surface area (Å²) in [5.41, 5.74) is 4.80. The summed E-state index contributed by atoms with van der Waals surface area (Å²) in [4.78, 5) is 22.0. The van der Waals surface area contributed by atoms with Crippen LogP contribution in [0.4, 0.5) is 4.79 Å². The van der Waals surface area contributed by atoms with Gasteiger partial charge in [0.15, 0.2) is 0 Å². The van der Waals surface area contributed by atoms with E-state index >= 15 is 0 Å². The third kappa shape index (κ3) is 2.44. The predicted molar refractivity (Wildman–Crippen MR) is 56.6 cm³/mol. The number of primary amides is 1. The van der Waals surface area contributed by atoms with E-state index in [1.54, 1.807) is 0 Å². The summed E-state index contributed by atoms with van der Waals surface area (Å²) in [6, 6.07) is 0.852. The summed E-state index contributed by atoms with van der Waals surface area (Å²) in [5.74, 6) is 0.125. The van der Waals surface area contributed by atoms with Gasteiger partial charge < -0.3 is 21.1 Å². The lowest BCUT2D eigenvalue weighted by Crippen LogP contribution is -2.39. The maximum atomic E-state index is 11.8. The number of carbonyl (C=O) groups is 2. The topological polar surface area (TPSA) is 93.5 Å². The molecule has 2 rings (SSSR count). The second-order valence-corrected chi connectivity index (χ2v) is 4.35. The number of fused-ring (bicyclic) bond motifs is 2. The molecule has 0 aromatic carbocycles. The van der Waals surface area contributed by atoms with Crippen molar-refractivity contribution < 1.29 is 14.3 Å². The van der Waals surface area contributed by atoms with E-state index in [-0.39, 0.29) is 18.4 Å². The van der Waals surface area contributed by atoms with Crippen molar-refractivity contribution in [1.29, 1.82) is 0 Å². The van der Waals surface area contributed by atoms with Gasteiger partial charge in [0.2, 0.25) is 5.91 Å². The summed E-state index contributed by atoms with van der Waals surface area (Å²) < 4.78 is 4.53. The number of hydrogen-bond acceptors (Lipinski definition) is 4. The predicted octanol–water partition coefficient (Wildman–Crippen LogP) is -0.662. The van der Waals surface area contributed by atoms with E-state index in [0.717, 1.165) is 12.8 Å². The number of carbonyl (C=O) groups excluding carboxylic acids is 2.